The standard InChI is InChI=1S/C20H32N4O2/c1-20(2,3)26-18(25)15-23-19(21-4)22-14-17(24-12-8-9-13-24)16-10-6-5-7-11-16/h5-7,10-11,17H,8-9,12-15H2,1-4H3,(H2,21,22,23). The lowest BCUT2D eigenvalue weighted by Gasteiger charge is -2.29. The third-order valence-corrected chi connectivity index (χ3v) is 4.27. The summed E-state index contributed by atoms with van der Waals surface area (Å²) in [6.07, 6.45) is 2.49. The van der Waals surface area contributed by atoms with Gasteiger partial charge in [-0.3, -0.25) is 14.7 Å². The first-order chi connectivity index (χ1) is 12.4. The zero-order valence-corrected chi connectivity index (χ0v) is 16.4. The number of hydrogen-bond donors (Lipinski definition) is 2. The van der Waals surface area contributed by atoms with Crippen molar-refractivity contribution in [1.82, 2.24) is 15.5 Å². The summed E-state index contributed by atoms with van der Waals surface area (Å²) in [5.74, 6) is 0.315. The van der Waals surface area contributed by atoms with Crippen LogP contribution in [0.25, 0.3) is 0 Å². The highest BCUT2D eigenvalue weighted by molar-refractivity contribution is 5.84. The van der Waals surface area contributed by atoms with Crippen molar-refractivity contribution in [1.29, 1.82) is 0 Å². The van der Waals surface area contributed by atoms with Crippen molar-refractivity contribution in [2.24, 2.45) is 4.99 Å². The summed E-state index contributed by atoms with van der Waals surface area (Å²) in [7, 11) is 1.71. The second-order valence-corrected chi connectivity index (χ2v) is 7.56. The summed E-state index contributed by atoms with van der Waals surface area (Å²) in [4.78, 5) is 18.6. The van der Waals surface area contributed by atoms with E-state index in [-0.39, 0.29) is 12.5 Å². The Hall–Kier alpha value is -2.08. The predicted molar refractivity (Wildman–Crippen MR) is 105 cm³/mol. The van der Waals surface area contributed by atoms with Crippen LogP contribution in [0.5, 0.6) is 0 Å². The van der Waals surface area contributed by atoms with E-state index in [1.54, 1.807) is 7.05 Å². The van der Waals surface area contributed by atoms with E-state index in [0.717, 1.165) is 19.6 Å². The lowest BCUT2D eigenvalue weighted by molar-refractivity contribution is -0.153. The number of ether oxygens (including phenoxy) is 1. The zero-order valence-electron chi connectivity index (χ0n) is 16.4. The van der Waals surface area contributed by atoms with Crippen molar-refractivity contribution < 1.29 is 9.53 Å². The minimum Gasteiger partial charge on any atom is -0.459 e. The van der Waals surface area contributed by atoms with Crippen molar-refractivity contribution in [3.63, 3.8) is 0 Å². The van der Waals surface area contributed by atoms with Gasteiger partial charge < -0.3 is 15.4 Å². The molecule has 2 rings (SSSR count). The molecule has 1 aromatic carbocycles. The highest BCUT2D eigenvalue weighted by Crippen LogP contribution is 2.24. The number of aliphatic imine (C=N–C) groups is 1. The summed E-state index contributed by atoms with van der Waals surface area (Å²) in [5, 5.41) is 6.39. The van der Waals surface area contributed by atoms with Crippen LogP contribution < -0.4 is 10.6 Å². The van der Waals surface area contributed by atoms with Gasteiger partial charge in [0.1, 0.15) is 12.1 Å². The summed E-state index contributed by atoms with van der Waals surface area (Å²) >= 11 is 0. The van der Waals surface area contributed by atoms with Crippen LogP contribution >= 0.6 is 0 Å². The zero-order chi connectivity index (χ0) is 19.0. The molecule has 1 saturated heterocycles. The molecule has 0 radical (unpaired) electrons. The maximum atomic E-state index is 11.9. The van der Waals surface area contributed by atoms with Crippen LogP contribution in [0.4, 0.5) is 0 Å². The molecule has 1 aliphatic heterocycles. The number of carbonyl (C=O) groups is 1. The Balaban J connectivity index is 1.90. The minimum absolute atomic E-state index is 0.0939. The average Bonchev–Trinajstić information content (AvgIpc) is 3.11. The molecule has 0 saturated carbocycles. The molecule has 0 aliphatic carbocycles. The lowest BCUT2D eigenvalue weighted by Crippen LogP contribution is -2.45. The van der Waals surface area contributed by atoms with Crippen LogP contribution in [0.1, 0.15) is 45.2 Å². The molecule has 6 heteroatoms. The second-order valence-electron chi connectivity index (χ2n) is 7.56. The van der Waals surface area contributed by atoms with E-state index in [4.69, 9.17) is 4.74 Å². The van der Waals surface area contributed by atoms with E-state index in [2.05, 4.69) is 44.8 Å². The smallest absolute Gasteiger partial charge is 0.325 e. The predicted octanol–water partition coefficient (Wildman–Crippen LogP) is 2.33. The molecule has 1 fully saturated rings. The number of nitrogens with zero attached hydrogens (tertiary/aromatic N) is 2. The van der Waals surface area contributed by atoms with Gasteiger partial charge in [0.15, 0.2) is 5.96 Å². The SMILES string of the molecule is CN=C(NCC(=O)OC(C)(C)C)NCC(c1ccccc1)N1CCCC1. The molecular weight excluding hydrogens is 328 g/mol. The maximum absolute atomic E-state index is 11.9. The minimum atomic E-state index is -0.482. The Bertz CT molecular complexity index is 590. The molecular formula is C20H32N4O2. The Morgan fingerprint density at radius 2 is 1.85 bits per heavy atom. The van der Waals surface area contributed by atoms with Gasteiger partial charge in [-0.25, -0.2) is 0 Å². The molecule has 1 aromatic rings. The van der Waals surface area contributed by atoms with E-state index in [9.17, 15) is 4.79 Å². The van der Waals surface area contributed by atoms with E-state index in [1.807, 2.05) is 26.8 Å². The molecule has 2 N–H and O–H groups in total. The fourth-order valence-corrected chi connectivity index (χ4v) is 3.13. The van der Waals surface area contributed by atoms with E-state index in [0.29, 0.717) is 12.0 Å². The molecule has 26 heavy (non-hydrogen) atoms. The van der Waals surface area contributed by atoms with Gasteiger partial charge in [-0.2, -0.15) is 0 Å². The van der Waals surface area contributed by atoms with Gasteiger partial charge in [0, 0.05) is 13.6 Å². The van der Waals surface area contributed by atoms with Crippen molar-refractivity contribution in [2.75, 3.05) is 33.2 Å². The highest BCUT2D eigenvalue weighted by Gasteiger charge is 2.23. The highest BCUT2D eigenvalue weighted by atomic mass is 16.6. The van der Waals surface area contributed by atoms with Crippen LogP contribution in [0.15, 0.2) is 35.3 Å². The number of nitrogens with one attached hydrogen (secondary N) is 2. The topological polar surface area (TPSA) is 66.0 Å². The van der Waals surface area contributed by atoms with Crippen LogP contribution in [0.2, 0.25) is 0 Å². The normalized spacial score (nSPS) is 17.0. The lowest BCUT2D eigenvalue weighted by atomic mass is 10.1. The second kappa shape index (κ2) is 9.57. The fraction of sp³-hybridized carbons (Fsp3) is 0.600. The van der Waals surface area contributed by atoms with Crippen molar-refractivity contribution in [2.45, 2.75) is 45.3 Å². The number of rotatable bonds is 6. The van der Waals surface area contributed by atoms with E-state index in [1.165, 1.54) is 18.4 Å². The van der Waals surface area contributed by atoms with Gasteiger partial charge in [-0.15, -0.1) is 0 Å². The first-order valence-corrected chi connectivity index (χ1v) is 9.34. The van der Waals surface area contributed by atoms with Gasteiger partial charge in [0.05, 0.1) is 6.04 Å². The number of guanidine groups is 1. The number of benzene rings is 1. The van der Waals surface area contributed by atoms with E-state index >= 15 is 0 Å². The van der Waals surface area contributed by atoms with Gasteiger partial charge in [0.25, 0.3) is 0 Å². The molecule has 0 amide bonds. The first-order valence-electron chi connectivity index (χ1n) is 9.34. The van der Waals surface area contributed by atoms with Gasteiger partial charge in [-0.05, 0) is 52.3 Å². The van der Waals surface area contributed by atoms with Gasteiger partial charge in [-0.1, -0.05) is 30.3 Å². The summed E-state index contributed by atoms with van der Waals surface area (Å²) in [6, 6.07) is 10.8. The van der Waals surface area contributed by atoms with Gasteiger partial charge in [0.2, 0.25) is 0 Å². The van der Waals surface area contributed by atoms with Gasteiger partial charge >= 0.3 is 5.97 Å². The van der Waals surface area contributed by atoms with Crippen LogP contribution in [0.3, 0.4) is 0 Å². The molecule has 6 nitrogen and oxygen atoms in total. The summed E-state index contributed by atoms with van der Waals surface area (Å²) in [6.45, 7) is 8.64. The number of likely N-dealkylation sites (tertiary alicyclic amines) is 1. The van der Waals surface area contributed by atoms with Crippen molar-refractivity contribution >= 4 is 11.9 Å². The van der Waals surface area contributed by atoms with E-state index < -0.39 is 5.60 Å². The fourth-order valence-electron chi connectivity index (χ4n) is 3.13. The molecule has 1 heterocycles. The number of carbonyl (C=O) groups excluding carboxylic acids is 1. The first kappa shape index (κ1) is 20.2. The maximum Gasteiger partial charge on any atom is 0.325 e. The summed E-state index contributed by atoms with van der Waals surface area (Å²) < 4.78 is 5.32. The molecule has 1 unspecified atom stereocenters. The molecule has 144 valence electrons. The van der Waals surface area contributed by atoms with Crippen LogP contribution in [-0.4, -0.2) is 55.7 Å². The van der Waals surface area contributed by atoms with Crippen LogP contribution in [0, 0.1) is 0 Å². The number of esters is 1. The van der Waals surface area contributed by atoms with Crippen molar-refractivity contribution in [3.05, 3.63) is 35.9 Å². The largest absolute Gasteiger partial charge is 0.459 e. The number of hydrogen-bond acceptors (Lipinski definition) is 4. The molecule has 0 bridgehead atoms. The summed E-state index contributed by atoms with van der Waals surface area (Å²) in [5.41, 5.74) is 0.814. The third kappa shape index (κ3) is 6.67. The molecule has 0 aromatic heterocycles. The average molecular weight is 361 g/mol. The van der Waals surface area contributed by atoms with Crippen LogP contribution in [-0.2, 0) is 9.53 Å². The Kier molecular flexibility index (Phi) is 7.45. The Morgan fingerprint density at radius 3 is 2.42 bits per heavy atom. The Morgan fingerprint density at radius 1 is 1.19 bits per heavy atom. The molecule has 1 atom stereocenters. The quantitative estimate of drug-likeness (QED) is 0.463. The Labute approximate surface area is 157 Å². The molecule has 1 aliphatic rings. The third-order valence-electron chi connectivity index (χ3n) is 4.27. The van der Waals surface area contributed by atoms with Crippen molar-refractivity contribution in [3.8, 4) is 0 Å². The monoisotopic (exact) mass is 360 g/mol. The molecule has 0 spiro atoms.